The Balaban J connectivity index is 1.46. The molecule has 1 amide bonds. The molecule has 9 heteroatoms. The van der Waals surface area contributed by atoms with Gasteiger partial charge in [-0.3, -0.25) is 9.78 Å². The van der Waals surface area contributed by atoms with Crippen LogP contribution in [0.25, 0.3) is 10.6 Å². The fourth-order valence-corrected chi connectivity index (χ4v) is 4.42. The Morgan fingerprint density at radius 2 is 2.17 bits per heavy atom. The topological polar surface area (TPSA) is 67.4 Å². The van der Waals surface area contributed by atoms with Crippen LogP contribution < -0.4 is 10.1 Å². The van der Waals surface area contributed by atoms with E-state index in [1.807, 2.05) is 24.3 Å². The number of hydrogen-bond donors (Lipinski definition) is 1. The minimum Gasteiger partial charge on any atom is -0.495 e. The lowest BCUT2D eigenvalue weighted by atomic mass is 9.64. The van der Waals surface area contributed by atoms with Crippen molar-refractivity contribution >= 4 is 38.0 Å². The van der Waals surface area contributed by atoms with Gasteiger partial charge in [0.15, 0.2) is 0 Å². The maximum Gasteiger partial charge on any atom is 0.275 e. The summed E-state index contributed by atoms with van der Waals surface area (Å²) >= 11 is 1.42. The highest BCUT2D eigenvalue weighted by molar-refractivity contribution is 7.13. The fourth-order valence-electron chi connectivity index (χ4n) is 3.63. The fraction of sp³-hybridized carbons (Fsp3) is 0.286. The molecule has 4 rings (SSSR count). The Bertz CT molecular complexity index is 1010. The summed E-state index contributed by atoms with van der Waals surface area (Å²) in [7, 11) is 8.89. The van der Waals surface area contributed by atoms with Gasteiger partial charge in [0, 0.05) is 31.1 Å². The summed E-state index contributed by atoms with van der Waals surface area (Å²) in [6.45, 7) is 1.90. The predicted octanol–water partition coefficient (Wildman–Crippen LogP) is 3.35. The van der Waals surface area contributed by atoms with Crippen LogP contribution in [0.4, 0.5) is 5.69 Å². The van der Waals surface area contributed by atoms with Gasteiger partial charge in [0.25, 0.3) is 5.91 Å². The summed E-state index contributed by atoms with van der Waals surface area (Å²) in [5.74, 6) is 0.844. The number of aromatic nitrogens is 2. The van der Waals surface area contributed by atoms with Crippen LogP contribution in [0.5, 0.6) is 5.75 Å². The third-order valence-corrected chi connectivity index (χ3v) is 6.22. The Morgan fingerprint density at radius 3 is 2.87 bits per heavy atom. The second kappa shape index (κ2) is 9.45. The van der Waals surface area contributed by atoms with E-state index < -0.39 is 0 Å². The average Bonchev–Trinajstić information content (AvgIpc) is 3.30. The Morgan fingerprint density at radius 1 is 1.33 bits per heavy atom. The summed E-state index contributed by atoms with van der Waals surface area (Å²) in [5, 5.41) is 5.44. The smallest absolute Gasteiger partial charge is 0.275 e. The molecular weight excluding hydrogens is 394 g/mol. The molecule has 1 saturated heterocycles. The Hall–Kier alpha value is -2.64. The van der Waals surface area contributed by atoms with Crippen molar-refractivity contribution in [2.24, 2.45) is 0 Å². The number of nitrogens with one attached hydrogen (secondary N) is 1. The number of rotatable bonds is 6. The second-order valence-electron chi connectivity index (χ2n) is 7.15. The summed E-state index contributed by atoms with van der Waals surface area (Å²) in [4.78, 5) is 23.4. The van der Waals surface area contributed by atoms with Crippen molar-refractivity contribution in [1.82, 2.24) is 14.8 Å². The van der Waals surface area contributed by atoms with Crippen LogP contribution in [-0.4, -0.2) is 55.9 Å². The summed E-state index contributed by atoms with van der Waals surface area (Å²) in [5.41, 5.74) is 3.11. The van der Waals surface area contributed by atoms with Crippen molar-refractivity contribution in [2.45, 2.75) is 18.8 Å². The van der Waals surface area contributed by atoms with Gasteiger partial charge in [-0.05, 0) is 61.7 Å². The predicted molar refractivity (Wildman–Crippen MR) is 121 cm³/mol. The molecule has 0 unspecified atom stereocenters. The van der Waals surface area contributed by atoms with Gasteiger partial charge in [-0.1, -0.05) is 6.07 Å². The van der Waals surface area contributed by atoms with E-state index in [1.165, 1.54) is 16.9 Å². The molecule has 3 heterocycles. The third kappa shape index (κ3) is 4.57. The summed E-state index contributed by atoms with van der Waals surface area (Å²) in [6.07, 6.45) is 5.52. The first-order chi connectivity index (χ1) is 14.7. The molecule has 0 saturated carbocycles. The van der Waals surface area contributed by atoms with Crippen LogP contribution in [0.1, 0.15) is 34.8 Å². The Labute approximate surface area is 182 Å². The Kier molecular flexibility index (Phi) is 6.50. The molecule has 6 nitrogen and oxygen atoms in total. The molecule has 1 N–H and O–H groups in total. The SMILES string of the molecule is [B][B]N1CCC(c2ccc(NC(=O)c3csc(-c4cccnc4)n3)c(OC)c2)CC1. The highest BCUT2D eigenvalue weighted by atomic mass is 32.1. The average molecular weight is 415 g/mol. The van der Waals surface area contributed by atoms with Gasteiger partial charge in [0.1, 0.15) is 23.8 Å². The molecule has 2 aromatic heterocycles. The van der Waals surface area contributed by atoms with E-state index in [-0.39, 0.29) is 5.91 Å². The van der Waals surface area contributed by atoms with Gasteiger partial charge >= 0.3 is 0 Å². The quantitative estimate of drug-likeness (QED) is 0.626. The van der Waals surface area contributed by atoms with Gasteiger partial charge in [-0.25, -0.2) is 4.98 Å². The molecule has 1 aliphatic heterocycles. The highest BCUT2D eigenvalue weighted by Gasteiger charge is 2.21. The van der Waals surface area contributed by atoms with Gasteiger partial charge in [-0.2, -0.15) is 0 Å². The number of carbonyl (C=O) groups is 1. The van der Waals surface area contributed by atoms with E-state index >= 15 is 0 Å². The number of anilines is 1. The number of carbonyl (C=O) groups excluding carboxylic acids is 1. The molecule has 1 aliphatic rings. The van der Waals surface area contributed by atoms with E-state index in [0.717, 1.165) is 36.5 Å². The van der Waals surface area contributed by atoms with E-state index in [9.17, 15) is 4.79 Å². The number of ether oxygens (including phenoxy) is 1. The minimum atomic E-state index is -0.265. The normalized spacial score (nSPS) is 15.0. The number of benzene rings is 1. The lowest BCUT2D eigenvalue weighted by molar-refractivity contribution is 0.102. The van der Waals surface area contributed by atoms with Crippen molar-refractivity contribution in [3.63, 3.8) is 0 Å². The number of methoxy groups -OCH3 is 1. The molecular formula is C21H21B2N4O2S. The third-order valence-electron chi connectivity index (χ3n) is 5.33. The van der Waals surface area contributed by atoms with Crippen LogP contribution in [0.15, 0.2) is 48.1 Å². The number of piperidine rings is 1. The van der Waals surface area contributed by atoms with E-state index in [0.29, 0.717) is 23.0 Å². The largest absolute Gasteiger partial charge is 0.495 e. The first-order valence-corrected chi connectivity index (χ1v) is 10.7. The first-order valence-electron chi connectivity index (χ1n) is 9.82. The number of pyridine rings is 1. The zero-order valence-corrected chi connectivity index (χ0v) is 17.6. The second-order valence-corrected chi connectivity index (χ2v) is 8.01. The van der Waals surface area contributed by atoms with Crippen molar-refractivity contribution in [2.75, 3.05) is 25.5 Å². The molecule has 0 spiro atoms. The van der Waals surface area contributed by atoms with Gasteiger partial charge in [-0.15, -0.1) is 11.3 Å². The molecule has 1 aromatic carbocycles. The van der Waals surface area contributed by atoms with Crippen LogP contribution in [0.2, 0.25) is 0 Å². The summed E-state index contributed by atoms with van der Waals surface area (Å²) in [6, 6.07) is 9.76. The van der Waals surface area contributed by atoms with Gasteiger partial charge < -0.3 is 14.9 Å². The molecule has 3 radical (unpaired) electrons. The lowest BCUT2D eigenvalue weighted by Crippen LogP contribution is -2.36. The van der Waals surface area contributed by atoms with Gasteiger partial charge in [0.2, 0.25) is 0 Å². The van der Waals surface area contributed by atoms with Crippen molar-refractivity contribution in [3.8, 4) is 16.3 Å². The van der Waals surface area contributed by atoms with Gasteiger partial charge in [0.05, 0.1) is 12.8 Å². The molecule has 0 atom stereocenters. The molecule has 0 aliphatic carbocycles. The number of thiazole rings is 1. The number of hydrogen-bond acceptors (Lipinski definition) is 6. The standard InChI is InChI=1S/C21H21B2N4O2S/c1-29-19-11-15(14-6-9-27(23-22)10-7-14)4-5-17(19)25-20(28)18-13-30-21(26-18)16-3-2-8-24-12-16/h2-5,8,11-14H,6-7,9-10H2,1H3,(H,25,28). The molecule has 0 bridgehead atoms. The zero-order chi connectivity index (χ0) is 20.9. The zero-order valence-electron chi connectivity index (χ0n) is 16.7. The molecule has 149 valence electrons. The van der Waals surface area contributed by atoms with Crippen molar-refractivity contribution in [3.05, 3.63) is 59.4 Å². The van der Waals surface area contributed by atoms with E-state index in [2.05, 4.69) is 26.2 Å². The van der Waals surface area contributed by atoms with Crippen LogP contribution in [-0.2, 0) is 0 Å². The van der Waals surface area contributed by atoms with Crippen LogP contribution in [0, 0.1) is 0 Å². The molecule has 30 heavy (non-hydrogen) atoms. The summed E-state index contributed by atoms with van der Waals surface area (Å²) < 4.78 is 5.55. The molecule has 3 aromatic rings. The maximum absolute atomic E-state index is 12.7. The maximum atomic E-state index is 12.7. The number of nitrogens with zero attached hydrogens (tertiary/aromatic N) is 3. The highest BCUT2D eigenvalue weighted by Crippen LogP contribution is 2.34. The van der Waals surface area contributed by atoms with Crippen molar-refractivity contribution < 1.29 is 9.53 Å². The number of amides is 1. The van der Waals surface area contributed by atoms with Crippen LogP contribution in [0.3, 0.4) is 0 Å². The minimum absolute atomic E-state index is 0.265. The first kappa shape index (κ1) is 20.6. The van der Waals surface area contributed by atoms with Crippen molar-refractivity contribution in [1.29, 1.82) is 0 Å². The van der Waals surface area contributed by atoms with E-state index in [4.69, 9.17) is 12.5 Å². The monoisotopic (exact) mass is 415 g/mol. The van der Waals surface area contributed by atoms with Crippen LogP contribution >= 0.6 is 11.3 Å². The lowest BCUT2D eigenvalue weighted by Gasteiger charge is -2.32. The molecule has 1 fully saturated rings. The van der Waals surface area contributed by atoms with E-state index in [1.54, 1.807) is 32.2 Å².